The summed E-state index contributed by atoms with van der Waals surface area (Å²) in [4.78, 5) is 4.46. The monoisotopic (exact) mass is 292 g/mol. The number of hydrogen-bond donors (Lipinski definition) is 0. The third kappa shape index (κ3) is 2.38. The van der Waals surface area contributed by atoms with Gasteiger partial charge in [-0.25, -0.2) is 0 Å². The van der Waals surface area contributed by atoms with Crippen molar-refractivity contribution in [2.24, 2.45) is 0 Å². The number of nitrogens with zero attached hydrogens (tertiary/aromatic N) is 2. The molecular weight excluding hydrogens is 279 g/mol. The molecular formula is C15H14Cl2N2. The lowest BCUT2D eigenvalue weighted by Crippen LogP contribution is -2.40. The maximum absolute atomic E-state index is 6.29. The summed E-state index contributed by atoms with van der Waals surface area (Å²) >= 11 is 12.4. The average molecular weight is 293 g/mol. The Kier molecular flexibility index (Phi) is 3.29. The molecule has 4 heteroatoms. The molecule has 0 aromatic heterocycles. The van der Waals surface area contributed by atoms with E-state index in [1.807, 2.05) is 19.2 Å². The van der Waals surface area contributed by atoms with Crippen LogP contribution in [0.2, 0.25) is 10.0 Å². The smallest absolute Gasteiger partial charge is 0.0903 e. The number of anilines is 2. The summed E-state index contributed by atoms with van der Waals surface area (Å²) in [6, 6.07) is 14.2. The van der Waals surface area contributed by atoms with E-state index < -0.39 is 0 Å². The predicted octanol–water partition coefficient (Wildman–Crippen LogP) is 4.41. The van der Waals surface area contributed by atoms with Gasteiger partial charge in [0.1, 0.15) is 0 Å². The van der Waals surface area contributed by atoms with Crippen LogP contribution in [0.1, 0.15) is 5.56 Å². The SMILES string of the molecule is CN1CN(c2ccccc2)Cc2cc(Cl)cc(Cl)c21. The topological polar surface area (TPSA) is 6.48 Å². The van der Waals surface area contributed by atoms with E-state index in [0.717, 1.165) is 29.5 Å². The van der Waals surface area contributed by atoms with Crippen molar-refractivity contribution in [2.45, 2.75) is 6.54 Å². The van der Waals surface area contributed by atoms with Gasteiger partial charge in [-0.2, -0.15) is 0 Å². The second-order valence-electron chi connectivity index (χ2n) is 4.77. The Balaban J connectivity index is 2.00. The molecule has 0 unspecified atom stereocenters. The van der Waals surface area contributed by atoms with Crippen LogP contribution in [0.15, 0.2) is 42.5 Å². The highest BCUT2D eigenvalue weighted by molar-refractivity contribution is 6.36. The highest BCUT2D eigenvalue weighted by Crippen LogP contribution is 2.37. The summed E-state index contributed by atoms with van der Waals surface area (Å²) in [6.07, 6.45) is 0. The van der Waals surface area contributed by atoms with E-state index in [9.17, 15) is 0 Å². The van der Waals surface area contributed by atoms with Gasteiger partial charge in [0.15, 0.2) is 0 Å². The largest absolute Gasteiger partial charge is 0.355 e. The maximum Gasteiger partial charge on any atom is 0.0903 e. The minimum Gasteiger partial charge on any atom is -0.355 e. The molecule has 2 aromatic carbocycles. The molecule has 0 bridgehead atoms. The van der Waals surface area contributed by atoms with Gasteiger partial charge in [0.2, 0.25) is 0 Å². The third-order valence-corrected chi connectivity index (χ3v) is 3.86. The minimum atomic E-state index is 0.687. The van der Waals surface area contributed by atoms with E-state index in [4.69, 9.17) is 23.2 Å². The van der Waals surface area contributed by atoms with Gasteiger partial charge in [-0.3, -0.25) is 0 Å². The first-order valence-corrected chi connectivity index (χ1v) is 6.90. The molecule has 1 heterocycles. The molecule has 0 fully saturated rings. The van der Waals surface area contributed by atoms with E-state index in [1.165, 1.54) is 5.69 Å². The molecule has 0 saturated heterocycles. The molecule has 19 heavy (non-hydrogen) atoms. The minimum absolute atomic E-state index is 0.687. The Morgan fingerprint density at radius 3 is 2.53 bits per heavy atom. The molecule has 0 aliphatic carbocycles. The first-order valence-electron chi connectivity index (χ1n) is 6.14. The zero-order valence-electron chi connectivity index (χ0n) is 10.6. The number of hydrogen-bond acceptors (Lipinski definition) is 2. The van der Waals surface area contributed by atoms with Crippen LogP contribution in [0.3, 0.4) is 0 Å². The van der Waals surface area contributed by atoms with Crippen molar-refractivity contribution in [1.29, 1.82) is 0 Å². The summed E-state index contributed by atoms with van der Waals surface area (Å²) in [5.74, 6) is 0. The number of halogens is 2. The Bertz CT molecular complexity index is 599. The predicted molar refractivity (Wildman–Crippen MR) is 82.4 cm³/mol. The standard InChI is InChI=1S/C15H14Cl2N2/c1-18-10-19(13-5-3-2-4-6-13)9-11-7-12(16)8-14(17)15(11)18/h2-8H,9-10H2,1H3. The quantitative estimate of drug-likeness (QED) is 0.768. The van der Waals surface area contributed by atoms with E-state index in [0.29, 0.717) is 5.02 Å². The third-order valence-electron chi connectivity index (χ3n) is 3.35. The lowest BCUT2D eigenvalue weighted by Gasteiger charge is -2.38. The van der Waals surface area contributed by atoms with Gasteiger partial charge < -0.3 is 9.80 Å². The molecule has 0 amide bonds. The van der Waals surface area contributed by atoms with Crippen LogP contribution < -0.4 is 9.80 Å². The van der Waals surface area contributed by atoms with E-state index in [2.05, 4.69) is 34.1 Å². The average Bonchev–Trinajstić information content (AvgIpc) is 2.38. The van der Waals surface area contributed by atoms with Gasteiger partial charge in [-0.15, -0.1) is 0 Å². The van der Waals surface area contributed by atoms with Crippen LogP contribution in [0, 0.1) is 0 Å². The molecule has 3 rings (SSSR count). The first kappa shape index (κ1) is 12.6. The molecule has 0 radical (unpaired) electrons. The molecule has 0 N–H and O–H groups in total. The van der Waals surface area contributed by atoms with Crippen LogP contribution in [-0.2, 0) is 6.54 Å². The zero-order chi connectivity index (χ0) is 13.4. The van der Waals surface area contributed by atoms with Crippen molar-refractivity contribution in [3.05, 3.63) is 58.1 Å². The Morgan fingerprint density at radius 1 is 1.05 bits per heavy atom. The highest BCUT2D eigenvalue weighted by Gasteiger charge is 2.22. The summed E-state index contributed by atoms with van der Waals surface area (Å²) in [5, 5.41) is 1.41. The van der Waals surface area contributed by atoms with Gasteiger partial charge in [0.05, 0.1) is 17.4 Å². The first-order chi connectivity index (χ1) is 9.15. The lowest BCUT2D eigenvalue weighted by molar-refractivity contribution is 0.732. The Hall–Kier alpha value is -1.38. The Morgan fingerprint density at radius 2 is 1.79 bits per heavy atom. The second-order valence-corrected chi connectivity index (χ2v) is 5.61. The molecule has 98 valence electrons. The van der Waals surface area contributed by atoms with Gasteiger partial charge in [0.25, 0.3) is 0 Å². The van der Waals surface area contributed by atoms with Crippen LogP contribution in [0.4, 0.5) is 11.4 Å². The van der Waals surface area contributed by atoms with Gasteiger partial charge in [-0.05, 0) is 29.8 Å². The molecule has 2 aromatic rings. The second kappa shape index (κ2) is 4.95. The van der Waals surface area contributed by atoms with Gasteiger partial charge in [-0.1, -0.05) is 41.4 Å². The van der Waals surface area contributed by atoms with Crippen molar-refractivity contribution >= 4 is 34.6 Å². The number of fused-ring (bicyclic) bond motifs is 1. The molecule has 1 aliphatic heterocycles. The van der Waals surface area contributed by atoms with Crippen LogP contribution in [0.5, 0.6) is 0 Å². The van der Waals surface area contributed by atoms with Crippen LogP contribution in [-0.4, -0.2) is 13.7 Å². The summed E-state index contributed by atoms with van der Waals surface area (Å²) in [6.45, 7) is 1.64. The fourth-order valence-electron chi connectivity index (χ4n) is 2.56. The van der Waals surface area contributed by atoms with Crippen LogP contribution in [0.25, 0.3) is 0 Å². The summed E-state index contributed by atoms with van der Waals surface area (Å²) in [7, 11) is 2.05. The summed E-state index contributed by atoms with van der Waals surface area (Å²) < 4.78 is 0. The molecule has 0 spiro atoms. The Labute approximate surface area is 123 Å². The summed E-state index contributed by atoms with van der Waals surface area (Å²) in [5.41, 5.74) is 3.45. The molecule has 0 atom stereocenters. The lowest BCUT2D eigenvalue weighted by atomic mass is 10.1. The number of para-hydroxylation sites is 1. The zero-order valence-corrected chi connectivity index (χ0v) is 12.1. The molecule has 0 saturated carbocycles. The molecule has 2 nitrogen and oxygen atoms in total. The van der Waals surface area contributed by atoms with Crippen molar-refractivity contribution < 1.29 is 0 Å². The normalized spacial score (nSPS) is 14.5. The highest BCUT2D eigenvalue weighted by atomic mass is 35.5. The van der Waals surface area contributed by atoms with Gasteiger partial charge in [0, 0.05) is 24.3 Å². The van der Waals surface area contributed by atoms with E-state index >= 15 is 0 Å². The van der Waals surface area contributed by atoms with E-state index in [1.54, 1.807) is 6.07 Å². The maximum atomic E-state index is 6.29. The molecule has 1 aliphatic rings. The van der Waals surface area contributed by atoms with Crippen molar-refractivity contribution in [2.75, 3.05) is 23.5 Å². The van der Waals surface area contributed by atoms with Crippen molar-refractivity contribution in [3.63, 3.8) is 0 Å². The van der Waals surface area contributed by atoms with Gasteiger partial charge >= 0.3 is 0 Å². The van der Waals surface area contributed by atoms with Crippen LogP contribution >= 0.6 is 23.2 Å². The fraction of sp³-hybridized carbons (Fsp3) is 0.200. The van der Waals surface area contributed by atoms with E-state index in [-0.39, 0.29) is 0 Å². The fourth-order valence-corrected chi connectivity index (χ4v) is 3.24. The van der Waals surface area contributed by atoms with Crippen molar-refractivity contribution in [1.82, 2.24) is 0 Å². The number of rotatable bonds is 1. The number of benzene rings is 2. The van der Waals surface area contributed by atoms with Crippen molar-refractivity contribution in [3.8, 4) is 0 Å².